The van der Waals surface area contributed by atoms with E-state index in [4.69, 9.17) is 16.1 Å². The third-order valence-corrected chi connectivity index (χ3v) is 7.83. The molecule has 0 spiro atoms. The first-order chi connectivity index (χ1) is 18.0. The van der Waals surface area contributed by atoms with Crippen molar-refractivity contribution >= 4 is 35.0 Å². The third kappa shape index (κ3) is 6.80. The molecule has 1 fully saturated rings. The van der Waals surface area contributed by atoms with E-state index in [9.17, 15) is 4.79 Å². The summed E-state index contributed by atoms with van der Waals surface area (Å²) in [4.78, 5) is 21.1. The molecule has 1 atom stereocenters. The van der Waals surface area contributed by atoms with Crippen LogP contribution in [0.15, 0.2) is 82.2 Å². The topological polar surface area (TPSA) is 71.3 Å². The predicted octanol–water partition coefficient (Wildman–Crippen LogP) is 6.84. The first-order valence-electron chi connectivity index (χ1n) is 12.4. The number of halogens is 1. The molecule has 1 amide bonds. The second kappa shape index (κ2) is 11.9. The first kappa shape index (κ1) is 25.5. The summed E-state index contributed by atoms with van der Waals surface area (Å²) in [5.41, 5.74) is 4.13. The van der Waals surface area contributed by atoms with Gasteiger partial charge in [-0.05, 0) is 62.2 Å². The molecule has 1 saturated heterocycles. The van der Waals surface area contributed by atoms with E-state index in [-0.39, 0.29) is 11.8 Å². The number of anilines is 1. The largest absolute Gasteiger partial charge is 0.338 e. The number of rotatable bonds is 8. The summed E-state index contributed by atoms with van der Waals surface area (Å²) in [6, 6.07) is 23.9. The van der Waals surface area contributed by atoms with Crippen molar-refractivity contribution in [2.24, 2.45) is 5.92 Å². The van der Waals surface area contributed by atoms with Gasteiger partial charge in [0.1, 0.15) is 0 Å². The molecule has 1 aliphatic rings. The van der Waals surface area contributed by atoms with Crippen molar-refractivity contribution in [2.75, 3.05) is 18.4 Å². The number of piperidine rings is 1. The molecule has 1 unspecified atom stereocenters. The van der Waals surface area contributed by atoms with E-state index >= 15 is 0 Å². The molecule has 0 aliphatic carbocycles. The van der Waals surface area contributed by atoms with Crippen LogP contribution in [0.4, 0.5) is 5.69 Å². The highest BCUT2D eigenvalue weighted by Gasteiger charge is 2.27. The van der Waals surface area contributed by atoms with E-state index in [0.29, 0.717) is 24.8 Å². The summed E-state index contributed by atoms with van der Waals surface area (Å²) in [7, 11) is 0. The number of nitrogens with zero attached hydrogens (tertiary/aromatic N) is 3. The fourth-order valence-corrected chi connectivity index (χ4v) is 5.59. The standard InChI is InChI=1S/C29H29ClN4O2S/c1-20-6-4-7-22(16-20)28-32-27(36-33-28)18-34-15-5-8-23(17-34)29(35)31-25-9-2-3-10-26(25)37-19-21-11-13-24(30)14-12-21/h2-4,6-7,9-14,16,23H,5,8,15,17-19H2,1H3,(H,31,35). The molecule has 190 valence electrons. The van der Waals surface area contributed by atoms with Crippen LogP contribution >= 0.6 is 23.4 Å². The average Bonchev–Trinajstić information content (AvgIpc) is 3.38. The SMILES string of the molecule is Cc1cccc(-c2noc(CN3CCCC(C(=O)Nc4ccccc4SCc4ccc(Cl)cc4)C3)n2)c1. The molecule has 0 radical (unpaired) electrons. The van der Waals surface area contributed by atoms with Crippen LogP contribution in [0.5, 0.6) is 0 Å². The Morgan fingerprint density at radius 2 is 1.97 bits per heavy atom. The highest BCUT2D eigenvalue weighted by molar-refractivity contribution is 7.98. The van der Waals surface area contributed by atoms with Crippen LogP contribution in [0.3, 0.4) is 0 Å². The fourth-order valence-electron chi connectivity index (χ4n) is 4.50. The van der Waals surface area contributed by atoms with Crippen molar-refractivity contribution in [3.05, 3.63) is 94.8 Å². The number of carbonyl (C=O) groups is 1. The lowest BCUT2D eigenvalue weighted by Gasteiger charge is -2.31. The minimum atomic E-state index is -0.0952. The summed E-state index contributed by atoms with van der Waals surface area (Å²) in [5.74, 6) is 1.92. The van der Waals surface area contributed by atoms with Gasteiger partial charge in [0.25, 0.3) is 0 Å². The second-order valence-corrected chi connectivity index (χ2v) is 10.8. The maximum Gasteiger partial charge on any atom is 0.241 e. The number of hydrogen-bond donors (Lipinski definition) is 1. The van der Waals surface area contributed by atoms with E-state index in [0.717, 1.165) is 51.9 Å². The van der Waals surface area contributed by atoms with Crippen molar-refractivity contribution in [1.82, 2.24) is 15.0 Å². The molecule has 37 heavy (non-hydrogen) atoms. The number of aryl methyl sites for hydroxylation is 1. The second-order valence-electron chi connectivity index (χ2n) is 9.36. The van der Waals surface area contributed by atoms with Gasteiger partial charge in [-0.3, -0.25) is 9.69 Å². The molecular formula is C29H29ClN4O2S. The molecule has 1 N–H and O–H groups in total. The zero-order valence-corrected chi connectivity index (χ0v) is 22.3. The predicted molar refractivity (Wildman–Crippen MR) is 149 cm³/mol. The normalized spacial score (nSPS) is 16.0. The summed E-state index contributed by atoms with van der Waals surface area (Å²) in [6.45, 7) is 4.14. The highest BCUT2D eigenvalue weighted by Crippen LogP contribution is 2.31. The van der Waals surface area contributed by atoms with Crippen LogP contribution < -0.4 is 5.32 Å². The molecule has 8 heteroatoms. The molecule has 6 nitrogen and oxygen atoms in total. The summed E-state index contributed by atoms with van der Waals surface area (Å²) in [6.07, 6.45) is 1.81. The number of nitrogens with one attached hydrogen (secondary N) is 1. The van der Waals surface area contributed by atoms with Gasteiger partial charge >= 0.3 is 0 Å². The molecule has 1 aliphatic heterocycles. The van der Waals surface area contributed by atoms with Gasteiger partial charge in [-0.1, -0.05) is 64.8 Å². The Morgan fingerprint density at radius 3 is 2.81 bits per heavy atom. The van der Waals surface area contributed by atoms with Crippen molar-refractivity contribution in [1.29, 1.82) is 0 Å². The molecule has 1 aromatic heterocycles. The number of thioether (sulfide) groups is 1. The number of amides is 1. The van der Waals surface area contributed by atoms with Crippen LogP contribution in [0, 0.1) is 12.8 Å². The Bertz CT molecular complexity index is 1360. The number of aromatic nitrogens is 2. The van der Waals surface area contributed by atoms with Crippen LogP contribution in [0.1, 0.15) is 29.9 Å². The Morgan fingerprint density at radius 1 is 1.14 bits per heavy atom. The monoisotopic (exact) mass is 532 g/mol. The van der Waals surface area contributed by atoms with Gasteiger partial charge in [0, 0.05) is 27.8 Å². The van der Waals surface area contributed by atoms with Gasteiger partial charge < -0.3 is 9.84 Å². The summed E-state index contributed by atoms with van der Waals surface area (Å²) >= 11 is 7.71. The van der Waals surface area contributed by atoms with E-state index in [1.165, 1.54) is 5.56 Å². The number of benzene rings is 3. The van der Waals surface area contributed by atoms with Crippen LogP contribution in [0.2, 0.25) is 5.02 Å². The Kier molecular flexibility index (Phi) is 8.24. The smallest absolute Gasteiger partial charge is 0.241 e. The number of carbonyl (C=O) groups excluding carboxylic acids is 1. The lowest BCUT2D eigenvalue weighted by atomic mass is 9.97. The molecule has 5 rings (SSSR count). The minimum absolute atomic E-state index is 0.0511. The Hall–Kier alpha value is -3.13. The molecule has 0 saturated carbocycles. The minimum Gasteiger partial charge on any atom is -0.338 e. The lowest BCUT2D eigenvalue weighted by Crippen LogP contribution is -2.40. The van der Waals surface area contributed by atoms with Crippen molar-refractivity contribution in [3.63, 3.8) is 0 Å². The number of para-hydroxylation sites is 1. The third-order valence-electron chi connectivity index (χ3n) is 6.43. The van der Waals surface area contributed by atoms with Crippen LogP contribution in [-0.2, 0) is 17.1 Å². The lowest BCUT2D eigenvalue weighted by molar-refractivity contribution is -0.121. The Balaban J connectivity index is 1.18. The van der Waals surface area contributed by atoms with E-state index in [1.807, 2.05) is 79.7 Å². The Labute approximate surface area is 226 Å². The van der Waals surface area contributed by atoms with Gasteiger partial charge in [0.2, 0.25) is 17.6 Å². The zero-order chi connectivity index (χ0) is 25.6. The molecule has 2 heterocycles. The van der Waals surface area contributed by atoms with Crippen LogP contribution in [0.25, 0.3) is 11.4 Å². The van der Waals surface area contributed by atoms with Crippen LogP contribution in [-0.4, -0.2) is 34.0 Å². The van der Waals surface area contributed by atoms with Crippen molar-refractivity contribution in [3.8, 4) is 11.4 Å². The van der Waals surface area contributed by atoms with Gasteiger partial charge in [0.15, 0.2) is 0 Å². The van der Waals surface area contributed by atoms with E-state index in [1.54, 1.807) is 11.8 Å². The van der Waals surface area contributed by atoms with Crippen molar-refractivity contribution in [2.45, 2.75) is 37.0 Å². The molecule has 3 aromatic carbocycles. The first-order valence-corrected chi connectivity index (χ1v) is 13.8. The molecule has 0 bridgehead atoms. The maximum atomic E-state index is 13.2. The van der Waals surface area contributed by atoms with Crippen molar-refractivity contribution < 1.29 is 9.32 Å². The summed E-state index contributed by atoms with van der Waals surface area (Å²) < 4.78 is 5.53. The van der Waals surface area contributed by atoms with Gasteiger partial charge in [-0.15, -0.1) is 11.8 Å². The maximum absolute atomic E-state index is 13.2. The van der Waals surface area contributed by atoms with Gasteiger partial charge in [0.05, 0.1) is 18.2 Å². The molecule has 4 aromatic rings. The number of hydrogen-bond acceptors (Lipinski definition) is 6. The van der Waals surface area contributed by atoms with E-state index in [2.05, 4.69) is 20.4 Å². The van der Waals surface area contributed by atoms with Gasteiger partial charge in [-0.2, -0.15) is 4.98 Å². The average molecular weight is 533 g/mol. The number of likely N-dealkylation sites (tertiary alicyclic amines) is 1. The van der Waals surface area contributed by atoms with Gasteiger partial charge in [-0.25, -0.2) is 0 Å². The fraction of sp³-hybridized carbons (Fsp3) is 0.276. The summed E-state index contributed by atoms with van der Waals surface area (Å²) in [5, 5.41) is 8.07. The zero-order valence-electron chi connectivity index (χ0n) is 20.7. The van der Waals surface area contributed by atoms with E-state index < -0.39 is 0 Å². The molecular weight excluding hydrogens is 504 g/mol. The quantitative estimate of drug-likeness (QED) is 0.250. The highest BCUT2D eigenvalue weighted by atomic mass is 35.5.